The fourth-order valence-corrected chi connectivity index (χ4v) is 3.23. The second kappa shape index (κ2) is 8.22. The fourth-order valence-electron chi connectivity index (χ4n) is 3.23. The van der Waals surface area contributed by atoms with Gasteiger partial charge in [-0.15, -0.1) is 0 Å². The summed E-state index contributed by atoms with van der Waals surface area (Å²) in [5.41, 5.74) is 10.5. The van der Waals surface area contributed by atoms with Gasteiger partial charge in [-0.05, 0) is 69.2 Å². The molecule has 0 spiro atoms. The maximum Gasteiger partial charge on any atom is 0.248 e. The molecule has 2 aromatic carbocycles. The summed E-state index contributed by atoms with van der Waals surface area (Å²) in [6, 6.07) is 8.41. The number of anilines is 1. The van der Waals surface area contributed by atoms with Gasteiger partial charge in [0.1, 0.15) is 11.3 Å². The number of hydrogen-bond donors (Lipinski definition) is 2. The largest absolute Gasteiger partial charge is 0.493 e. The zero-order valence-electron chi connectivity index (χ0n) is 17.0. The van der Waals surface area contributed by atoms with Crippen LogP contribution in [0, 0.1) is 13.8 Å². The average molecular weight is 392 g/mol. The molecule has 0 fully saturated rings. The number of nitrogens with two attached hydrogens (primary N) is 1. The Morgan fingerprint density at radius 3 is 2.52 bits per heavy atom. The maximum atomic E-state index is 12.5. The van der Waals surface area contributed by atoms with E-state index in [1.807, 2.05) is 33.8 Å². The summed E-state index contributed by atoms with van der Waals surface area (Å²) >= 11 is 0. The number of furan rings is 1. The normalized spacial score (nSPS) is 11.5. The van der Waals surface area contributed by atoms with Gasteiger partial charge in [0.05, 0.1) is 12.9 Å². The summed E-state index contributed by atoms with van der Waals surface area (Å²) in [6.45, 7) is 8.23. The SMILES string of the molecule is CCOc1c(/C(C)=C/C(=O)Nc2ccc(C(N)=O)cc2)cc2c(C)coc2c1C. The summed E-state index contributed by atoms with van der Waals surface area (Å²) in [5, 5.41) is 3.79. The van der Waals surface area contributed by atoms with E-state index in [1.54, 1.807) is 30.5 Å². The third kappa shape index (κ3) is 4.16. The van der Waals surface area contributed by atoms with Crippen LogP contribution < -0.4 is 15.8 Å². The van der Waals surface area contributed by atoms with Crippen LogP contribution in [0.15, 0.2) is 47.1 Å². The fraction of sp³-hybridized carbons (Fsp3) is 0.217. The molecule has 2 amide bonds. The van der Waals surface area contributed by atoms with Crippen molar-refractivity contribution in [2.45, 2.75) is 27.7 Å². The van der Waals surface area contributed by atoms with Crippen LogP contribution in [0.3, 0.4) is 0 Å². The van der Waals surface area contributed by atoms with Crippen molar-refractivity contribution >= 4 is 34.0 Å². The topological polar surface area (TPSA) is 94.6 Å². The first-order valence-electron chi connectivity index (χ1n) is 9.35. The highest BCUT2D eigenvalue weighted by Gasteiger charge is 2.17. The Morgan fingerprint density at radius 2 is 1.90 bits per heavy atom. The predicted molar refractivity (Wildman–Crippen MR) is 114 cm³/mol. The smallest absolute Gasteiger partial charge is 0.248 e. The molecule has 0 saturated carbocycles. The van der Waals surface area contributed by atoms with Gasteiger partial charge in [-0.25, -0.2) is 0 Å². The second-order valence-corrected chi connectivity index (χ2v) is 6.86. The quantitative estimate of drug-likeness (QED) is 0.600. The first-order valence-corrected chi connectivity index (χ1v) is 9.35. The van der Waals surface area contributed by atoms with Crippen molar-refractivity contribution in [1.82, 2.24) is 0 Å². The molecule has 0 unspecified atom stereocenters. The van der Waals surface area contributed by atoms with E-state index in [9.17, 15) is 9.59 Å². The van der Waals surface area contributed by atoms with Gasteiger partial charge >= 0.3 is 0 Å². The highest BCUT2D eigenvalue weighted by atomic mass is 16.5. The van der Waals surface area contributed by atoms with E-state index in [1.165, 1.54) is 6.08 Å². The van der Waals surface area contributed by atoms with Crippen molar-refractivity contribution < 1.29 is 18.7 Å². The lowest BCUT2D eigenvalue weighted by molar-refractivity contribution is -0.111. The number of allylic oxidation sites excluding steroid dienone is 1. The highest BCUT2D eigenvalue weighted by Crippen LogP contribution is 2.37. The number of nitrogens with one attached hydrogen (secondary N) is 1. The minimum absolute atomic E-state index is 0.279. The molecule has 3 N–H and O–H groups in total. The van der Waals surface area contributed by atoms with Crippen molar-refractivity contribution in [2.75, 3.05) is 11.9 Å². The van der Waals surface area contributed by atoms with Gasteiger partial charge in [0.2, 0.25) is 11.8 Å². The third-order valence-electron chi connectivity index (χ3n) is 4.74. The van der Waals surface area contributed by atoms with E-state index in [0.29, 0.717) is 23.6 Å². The Hall–Kier alpha value is -3.54. The first kappa shape index (κ1) is 20.2. The van der Waals surface area contributed by atoms with Gasteiger partial charge in [0.25, 0.3) is 0 Å². The van der Waals surface area contributed by atoms with Crippen LogP contribution in [0.1, 0.15) is 40.9 Å². The number of hydrogen-bond acceptors (Lipinski definition) is 4. The summed E-state index contributed by atoms with van der Waals surface area (Å²) < 4.78 is 11.5. The molecule has 3 rings (SSSR count). The van der Waals surface area contributed by atoms with Crippen molar-refractivity contribution in [3.8, 4) is 5.75 Å². The van der Waals surface area contributed by atoms with Crippen LogP contribution in [0.4, 0.5) is 5.69 Å². The molecule has 0 saturated heterocycles. The summed E-state index contributed by atoms with van der Waals surface area (Å²) in [5.74, 6) is -0.0810. The number of ether oxygens (including phenoxy) is 1. The number of carbonyl (C=O) groups excluding carboxylic acids is 2. The standard InChI is InChI=1S/C23H24N2O4/c1-5-28-21-15(4)22-19(14(3)12-29-22)11-18(21)13(2)10-20(26)25-17-8-6-16(7-9-17)23(24)27/h6-12H,5H2,1-4H3,(H2,24,27)(H,25,26)/b13-10+. The van der Waals surface area contributed by atoms with E-state index >= 15 is 0 Å². The molecule has 29 heavy (non-hydrogen) atoms. The van der Waals surface area contributed by atoms with Gasteiger partial charge in [-0.1, -0.05) is 0 Å². The number of aryl methyl sites for hydroxylation is 2. The summed E-state index contributed by atoms with van der Waals surface area (Å²) in [4.78, 5) is 23.7. The first-order chi connectivity index (χ1) is 13.8. The third-order valence-corrected chi connectivity index (χ3v) is 4.74. The Morgan fingerprint density at radius 1 is 1.21 bits per heavy atom. The average Bonchev–Trinajstić information content (AvgIpc) is 3.05. The number of rotatable bonds is 6. The van der Waals surface area contributed by atoms with Crippen molar-refractivity contribution in [3.05, 3.63) is 64.9 Å². The number of carbonyl (C=O) groups is 2. The Balaban J connectivity index is 1.92. The highest BCUT2D eigenvalue weighted by molar-refractivity contribution is 6.05. The molecule has 6 nitrogen and oxygen atoms in total. The lowest BCUT2D eigenvalue weighted by Crippen LogP contribution is -2.12. The van der Waals surface area contributed by atoms with E-state index in [2.05, 4.69) is 5.32 Å². The minimum atomic E-state index is -0.512. The number of benzene rings is 2. The molecule has 3 aromatic rings. The van der Waals surface area contributed by atoms with E-state index < -0.39 is 5.91 Å². The zero-order chi connectivity index (χ0) is 21.1. The molecular formula is C23H24N2O4. The van der Waals surface area contributed by atoms with Crippen LogP contribution in [0.25, 0.3) is 16.5 Å². The molecule has 150 valence electrons. The van der Waals surface area contributed by atoms with E-state index in [0.717, 1.165) is 33.2 Å². The van der Waals surface area contributed by atoms with Crippen LogP contribution in [-0.2, 0) is 4.79 Å². The lowest BCUT2D eigenvalue weighted by atomic mass is 9.98. The minimum Gasteiger partial charge on any atom is -0.493 e. The van der Waals surface area contributed by atoms with Crippen molar-refractivity contribution in [3.63, 3.8) is 0 Å². The number of amides is 2. The van der Waals surface area contributed by atoms with Gasteiger partial charge in [-0.2, -0.15) is 0 Å². The number of fused-ring (bicyclic) bond motifs is 1. The Bertz CT molecular complexity index is 1110. The van der Waals surface area contributed by atoms with Crippen molar-refractivity contribution in [2.24, 2.45) is 5.73 Å². The Labute approximate surface area is 169 Å². The second-order valence-electron chi connectivity index (χ2n) is 6.86. The molecule has 0 aliphatic heterocycles. The molecule has 0 radical (unpaired) electrons. The molecule has 6 heteroatoms. The number of primary amides is 1. The van der Waals surface area contributed by atoms with Gasteiger partial charge in [0, 0.05) is 33.8 Å². The predicted octanol–water partition coefficient (Wildman–Crippen LogP) is 4.59. The van der Waals surface area contributed by atoms with E-state index in [4.69, 9.17) is 14.9 Å². The summed E-state index contributed by atoms with van der Waals surface area (Å²) in [6.07, 6.45) is 3.25. The molecule has 0 aliphatic carbocycles. The molecular weight excluding hydrogens is 368 g/mol. The van der Waals surface area contributed by atoms with Crippen LogP contribution in [0.5, 0.6) is 5.75 Å². The summed E-state index contributed by atoms with van der Waals surface area (Å²) in [7, 11) is 0. The zero-order valence-corrected chi connectivity index (χ0v) is 17.0. The van der Waals surface area contributed by atoms with E-state index in [-0.39, 0.29) is 5.91 Å². The molecule has 0 aliphatic rings. The van der Waals surface area contributed by atoms with Crippen LogP contribution >= 0.6 is 0 Å². The lowest BCUT2D eigenvalue weighted by Gasteiger charge is -2.14. The molecule has 0 bridgehead atoms. The molecule has 1 aromatic heterocycles. The van der Waals surface area contributed by atoms with Crippen molar-refractivity contribution in [1.29, 1.82) is 0 Å². The monoisotopic (exact) mass is 392 g/mol. The van der Waals surface area contributed by atoms with Gasteiger partial charge in [0.15, 0.2) is 0 Å². The Kier molecular flexibility index (Phi) is 5.73. The molecule has 1 heterocycles. The maximum absolute atomic E-state index is 12.5. The van der Waals surface area contributed by atoms with Crippen LogP contribution in [-0.4, -0.2) is 18.4 Å². The van der Waals surface area contributed by atoms with Gasteiger partial charge in [-0.3, -0.25) is 9.59 Å². The van der Waals surface area contributed by atoms with Crippen LogP contribution in [0.2, 0.25) is 0 Å². The molecule has 0 atom stereocenters. The van der Waals surface area contributed by atoms with Gasteiger partial charge < -0.3 is 20.2 Å².